The van der Waals surface area contributed by atoms with E-state index in [1.54, 1.807) is 0 Å². The highest BCUT2D eigenvalue weighted by atomic mass is 32.2. The lowest BCUT2D eigenvalue weighted by Crippen LogP contribution is -2.26. The molecule has 1 aliphatic heterocycles. The SMILES string of the molecule is CC(C)(C)SCc1nc(=S)c2c([nH]1)CCNC2. The van der Waals surface area contributed by atoms with Crippen molar-refractivity contribution in [3.63, 3.8) is 0 Å². The van der Waals surface area contributed by atoms with Crippen molar-refractivity contribution in [1.29, 1.82) is 0 Å². The summed E-state index contributed by atoms with van der Waals surface area (Å²) in [6, 6.07) is 0. The van der Waals surface area contributed by atoms with Gasteiger partial charge in [0.15, 0.2) is 0 Å². The van der Waals surface area contributed by atoms with Crippen LogP contribution < -0.4 is 5.32 Å². The fourth-order valence-electron chi connectivity index (χ4n) is 1.77. The van der Waals surface area contributed by atoms with Gasteiger partial charge in [0.05, 0.1) is 5.75 Å². The molecule has 17 heavy (non-hydrogen) atoms. The number of hydrogen-bond donors (Lipinski definition) is 2. The topological polar surface area (TPSA) is 40.7 Å². The van der Waals surface area contributed by atoms with Crippen LogP contribution in [0.2, 0.25) is 0 Å². The highest BCUT2D eigenvalue weighted by Crippen LogP contribution is 2.26. The maximum atomic E-state index is 5.35. The molecule has 0 bridgehead atoms. The summed E-state index contributed by atoms with van der Waals surface area (Å²) >= 11 is 7.24. The van der Waals surface area contributed by atoms with Crippen molar-refractivity contribution in [2.75, 3.05) is 6.54 Å². The monoisotopic (exact) mass is 269 g/mol. The number of aromatic nitrogens is 2. The fraction of sp³-hybridized carbons (Fsp3) is 0.667. The van der Waals surface area contributed by atoms with Crippen LogP contribution in [0.1, 0.15) is 37.9 Å². The van der Waals surface area contributed by atoms with Crippen molar-refractivity contribution in [3.8, 4) is 0 Å². The van der Waals surface area contributed by atoms with E-state index in [0.29, 0.717) is 0 Å². The van der Waals surface area contributed by atoms with Gasteiger partial charge in [0.1, 0.15) is 10.5 Å². The summed E-state index contributed by atoms with van der Waals surface area (Å²) in [5, 5.41) is 3.33. The molecule has 94 valence electrons. The quantitative estimate of drug-likeness (QED) is 0.810. The van der Waals surface area contributed by atoms with Crippen LogP contribution in [0, 0.1) is 4.64 Å². The Morgan fingerprint density at radius 2 is 2.18 bits per heavy atom. The van der Waals surface area contributed by atoms with Gasteiger partial charge < -0.3 is 10.3 Å². The minimum Gasteiger partial charge on any atom is -0.346 e. The van der Waals surface area contributed by atoms with Gasteiger partial charge in [-0.1, -0.05) is 33.0 Å². The maximum absolute atomic E-state index is 5.35. The first-order chi connectivity index (χ1) is 7.96. The van der Waals surface area contributed by atoms with E-state index >= 15 is 0 Å². The molecular weight excluding hydrogens is 250 g/mol. The van der Waals surface area contributed by atoms with Gasteiger partial charge in [-0.25, -0.2) is 4.98 Å². The van der Waals surface area contributed by atoms with Gasteiger partial charge in [0.2, 0.25) is 0 Å². The Morgan fingerprint density at radius 3 is 2.88 bits per heavy atom. The largest absolute Gasteiger partial charge is 0.346 e. The van der Waals surface area contributed by atoms with E-state index in [1.807, 2.05) is 11.8 Å². The molecule has 0 radical (unpaired) electrons. The van der Waals surface area contributed by atoms with Gasteiger partial charge in [0, 0.05) is 35.5 Å². The molecule has 0 aliphatic carbocycles. The number of rotatable bonds is 2. The summed E-state index contributed by atoms with van der Waals surface area (Å²) < 4.78 is 1.02. The molecular formula is C12H19N3S2. The van der Waals surface area contributed by atoms with Gasteiger partial charge >= 0.3 is 0 Å². The summed E-state index contributed by atoms with van der Waals surface area (Å²) in [5.41, 5.74) is 2.45. The van der Waals surface area contributed by atoms with E-state index in [-0.39, 0.29) is 4.75 Å². The van der Waals surface area contributed by atoms with Crippen LogP contribution in [-0.4, -0.2) is 21.3 Å². The zero-order valence-electron chi connectivity index (χ0n) is 10.6. The Morgan fingerprint density at radius 1 is 1.41 bits per heavy atom. The van der Waals surface area contributed by atoms with Gasteiger partial charge in [-0.2, -0.15) is 0 Å². The van der Waals surface area contributed by atoms with Crippen molar-refractivity contribution in [2.45, 2.75) is 44.2 Å². The van der Waals surface area contributed by atoms with Gasteiger partial charge in [0.25, 0.3) is 0 Å². The first-order valence-corrected chi connectivity index (χ1v) is 7.31. The average Bonchev–Trinajstić information content (AvgIpc) is 2.26. The lowest BCUT2D eigenvalue weighted by molar-refractivity contribution is 0.620. The Labute approximate surface area is 112 Å². The molecule has 5 heteroatoms. The van der Waals surface area contributed by atoms with Crippen LogP contribution >= 0.6 is 24.0 Å². The van der Waals surface area contributed by atoms with Crippen molar-refractivity contribution in [1.82, 2.24) is 15.3 Å². The normalized spacial score (nSPS) is 15.7. The number of H-pyrrole nitrogens is 1. The Balaban J connectivity index is 2.20. The van der Waals surface area contributed by atoms with Crippen LogP contribution in [-0.2, 0) is 18.7 Å². The predicted molar refractivity (Wildman–Crippen MR) is 75.9 cm³/mol. The average molecular weight is 269 g/mol. The second kappa shape index (κ2) is 5.08. The minimum absolute atomic E-state index is 0.259. The van der Waals surface area contributed by atoms with Gasteiger partial charge in [-0.15, -0.1) is 11.8 Å². The molecule has 2 rings (SSSR count). The summed E-state index contributed by atoms with van der Waals surface area (Å²) in [6.45, 7) is 8.52. The zero-order chi connectivity index (χ0) is 12.5. The molecule has 0 saturated carbocycles. The molecule has 0 aromatic carbocycles. The molecule has 1 aliphatic rings. The van der Waals surface area contributed by atoms with E-state index in [4.69, 9.17) is 12.2 Å². The standard InChI is InChI=1S/C12H19N3S2/c1-12(2,3)17-7-10-14-9-4-5-13-6-8(9)11(16)15-10/h13H,4-7H2,1-3H3,(H,14,15,16). The number of hydrogen-bond acceptors (Lipinski definition) is 4. The van der Waals surface area contributed by atoms with Crippen LogP contribution in [0.15, 0.2) is 0 Å². The van der Waals surface area contributed by atoms with E-state index in [2.05, 4.69) is 36.1 Å². The first-order valence-electron chi connectivity index (χ1n) is 5.91. The summed E-state index contributed by atoms with van der Waals surface area (Å²) in [4.78, 5) is 7.93. The molecule has 0 saturated heterocycles. The van der Waals surface area contributed by atoms with E-state index in [9.17, 15) is 0 Å². The molecule has 3 nitrogen and oxygen atoms in total. The third-order valence-electron chi connectivity index (χ3n) is 2.65. The molecule has 2 heterocycles. The molecule has 0 fully saturated rings. The van der Waals surface area contributed by atoms with Crippen LogP contribution in [0.25, 0.3) is 0 Å². The number of nitrogens with one attached hydrogen (secondary N) is 2. The van der Waals surface area contributed by atoms with Crippen molar-refractivity contribution in [2.24, 2.45) is 0 Å². The molecule has 1 aromatic rings. The third-order valence-corrected chi connectivity index (χ3v) is 4.27. The lowest BCUT2D eigenvalue weighted by Gasteiger charge is -2.20. The van der Waals surface area contributed by atoms with Crippen LogP contribution in [0.5, 0.6) is 0 Å². The second-order valence-corrected chi connectivity index (χ2v) is 7.46. The maximum Gasteiger partial charge on any atom is 0.134 e. The minimum atomic E-state index is 0.259. The molecule has 1 aromatic heterocycles. The number of aromatic amines is 1. The molecule has 0 amide bonds. The number of thioether (sulfide) groups is 1. The second-order valence-electron chi connectivity index (χ2n) is 5.27. The van der Waals surface area contributed by atoms with Crippen molar-refractivity contribution >= 4 is 24.0 Å². The number of fused-ring (bicyclic) bond motifs is 1. The van der Waals surface area contributed by atoms with Crippen LogP contribution in [0.4, 0.5) is 0 Å². The predicted octanol–water partition coefficient (Wildman–Crippen LogP) is 2.82. The smallest absolute Gasteiger partial charge is 0.134 e. The van der Waals surface area contributed by atoms with Gasteiger partial charge in [-0.05, 0) is 0 Å². The third kappa shape index (κ3) is 3.53. The zero-order valence-corrected chi connectivity index (χ0v) is 12.2. The highest BCUT2D eigenvalue weighted by molar-refractivity contribution is 7.99. The Bertz CT molecular complexity index is 460. The summed E-state index contributed by atoms with van der Waals surface area (Å²) in [7, 11) is 0. The molecule has 0 unspecified atom stereocenters. The molecule has 2 N–H and O–H groups in total. The van der Waals surface area contributed by atoms with E-state index in [0.717, 1.165) is 35.7 Å². The van der Waals surface area contributed by atoms with Crippen molar-refractivity contribution in [3.05, 3.63) is 21.7 Å². The Kier molecular flexibility index (Phi) is 3.90. The molecule has 0 spiro atoms. The van der Waals surface area contributed by atoms with E-state index < -0.39 is 0 Å². The van der Waals surface area contributed by atoms with Crippen molar-refractivity contribution < 1.29 is 0 Å². The molecule has 0 atom stereocenters. The van der Waals surface area contributed by atoms with Crippen LogP contribution in [0.3, 0.4) is 0 Å². The fourth-order valence-corrected chi connectivity index (χ4v) is 2.78. The summed E-state index contributed by atoms with van der Waals surface area (Å²) in [6.07, 6.45) is 1.02. The highest BCUT2D eigenvalue weighted by Gasteiger charge is 2.15. The summed E-state index contributed by atoms with van der Waals surface area (Å²) in [5.74, 6) is 1.91. The van der Waals surface area contributed by atoms with E-state index in [1.165, 1.54) is 11.3 Å². The number of nitrogens with zero attached hydrogens (tertiary/aromatic N) is 1. The first kappa shape index (κ1) is 13.1. The lowest BCUT2D eigenvalue weighted by atomic mass is 10.1. The van der Waals surface area contributed by atoms with Gasteiger partial charge in [-0.3, -0.25) is 0 Å². The Hall–Kier alpha value is -0.390.